The van der Waals surface area contributed by atoms with Crippen LogP contribution in [0.1, 0.15) is 30.5 Å². The Bertz CT molecular complexity index is 810. The van der Waals surface area contributed by atoms with Gasteiger partial charge in [0.2, 0.25) is 5.91 Å². The highest BCUT2D eigenvalue weighted by Crippen LogP contribution is 2.22. The first-order valence-corrected chi connectivity index (χ1v) is 9.96. The number of aromatic nitrogens is 1. The standard InChI is InChI=1S/C21H25N3OS/c1-3-24(4-2)21(25)20(16-10-6-5-7-11-16)22-15-14-19-23-17-12-8-9-13-18(17)26-19/h5-13,20,22H,3-4,14-15H2,1-2H3. The Balaban J connectivity index is 1.70. The van der Waals surface area contributed by atoms with E-state index in [-0.39, 0.29) is 11.9 Å². The number of nitrogens with one attached hydrogen (secondary N) is 1. The maximum absolute atomic E-state index is 12.9. The summed E-state index contributed by atoms with van der Waals surface area (Å²) in [6, 6.07) is 17.8. The lowest BCUT2D eigenvalue weighted by atomic mass is 10.1. The maximum atomic E-state index is 12.9. The molecule has 0 aliphatic rings. The smallest absolute Gasteiger partial charge is 0.244 e. The molecule has 0 saturated heterocycles. The highest BCUT2D eigenvalue weighted by molar-refractivity contribution is 7.18. The minimum atomic E-state index is -0.314. The van der Waals surface area contributed by atoms with Gasteiger partial charge in [0.15, 0.2) is 0 Å². The summed E-state index contributed by atoms with van der Waals surface area (Å²) in [6.07, 6.45) is 0.814. The quantitative estimate of drug-likeness (QED) is 0.654. The Morgan fingerprint density at radius 1 is 1.08 bits per heavy atom. The first kappa shape index (κ1) is 18.5. The molecule has 1 atom stereocenters. The van der Waals surface area contributed by atoms with Crippen LogP contribution in [0.15, 0.2) is 54.6 Å². The third-order valence-corrected chi connectivity index (χ3v) is 5.58. The summed E-state index contributed by atoms with van der Waals surface area (Å²) in [6.45, 7) is 6.19. The van der Waals surface area contributed by atoms with Gasteiger partial charge in [-0.25, -0.2) is 4.98 Å². The summed E-state index contributed by atoms with van der Waals surface area (Å²) >= 11 is 1.72. The van der Waals surface area contributed by atoms with Gasteiger partial charge in [-0.2, -0.15) is 0 Å². The van der Waals surface area contributed by atoms with E-state index in [1.807, 2.05) is 67.3 Å². The average Bonchev–Trinajstić information content (AvgIpc) is 3.09. The number of amides is 1. The molecule has 0 saturated carbocycles. The van der Waals surface area contributed by atoms with E-state index in [0.29, 0.717) is 6.54 Å². The SMILES string of the molecule is CCN(CC)C(=O)C(NCCc1nc2ccccc2s1)c1ccccc1. The number of likely N-dealkylation sites (N-methyl/N-ethyl adjacent to an activating group) is 1. The Morgan fingerprint density at radius 3 is 2.46 bits per heavy atom. The maximum Gasteiger partial charge on any atom is 0.244 e. The van der Waals surface area contributed by atoms with Crippen molar-refractivity contribution < 1.29 is 4.79 Å². The summed E-state index contributed by atoms with van der Waals surface area (Å²) in [5, 5.41) is 4.55. The predicted octanol–water partition coefficient (Wildman–Crippen LogP) is 4.04. The zero-order chi connectivity index (χ0) is 18.4. The van der Waals surface area contributed by atoms with Crippen molar-refractivity contribution in [3.05, 3.63) is 65.2 Å². The van der Waals surface area contributed by atoms with Crippen LogP contribution in [-0.2, 0) is 11.2 Å². The van der Waals surface area contributed by atoms with Crippen molar-refractivity contribution in [2.75, 3.05) is 19.6 Å². The molecule has 1 aromatic heterocycles. The minimum absolute atomic E-state index is 0.130. The monoisotopic (exact) mass is 367 g/mol. The Morgan fingerprint density at radius 2 is 1.77 bits per heavy atom. The number of carbonyl (C=O) groups excluding carboxylic acids is 1. The molecule has 3 aromatic rings. The second-order valence-corrected chi connectivity index (χ2v) is 7.25. The van der Waals surface area contributed by atoms with Crippen LogP contribution in [0.2, 0.25) is 0 Å². The van der Waals surface area contributed by atoms with E-state index in [4.69, 9.17) is 0 Å². The van der Waals surface area contributed by atoms with Crippen molar-refractivity contribution in [3.8, 4) is 0 Å². The third-order valence-electron chi connectivity index (χ3n) is 4.48. The predicted molar refractivity (Wildman–Crippen MR) is 108 cm³/mol. The lowest BCUT2D eigenvalue weighted by Crippen LogP contribution is -2.41. The van der Waals surface area contributed by atoms with Gasteiger partial charge in [-0.05, 0) is 31.5 Å². The molecule has 4 nitrogen and oxygen atoms in total. The zero-order valence-electron chi connectivity index (χ0n) is 15.3. The van der Waals surface area contributed by atoms with Crippen LogP contribution < -0.4 is 5.32 Å². The van der Waals surface area contributed by atoms with E-state index in [9.17, 15) is 4.79 Å². The molecule has 26 heavy (non-hydrogen) atoms. The number of para-hydroxylation sites is 1. The van der Waals surface area contributed by atoms with Gasteiger partial charge in [-0.15, -0.1) is 11.3 Å². The first-order valence-electron chi connectivity index (χ1n) is 9.14. The van der Waals surface area contributed by atoms with Gasteiger partial charge in [0, 0.05) is 26.1 Å². The third kappa shape index (κ3) is 4.29. The number of benzene rings is 2. The molecule has 0 spiro atoms. The molecule has 0 aliphatic heterocycles. The zero-order valence-corrected chi connectivity index (χ0v) is 16.1. The van der Waals surface area contributed by atoms with E-state index >= 15 is 0 Å². The average molecular weight is 368 g/mol. The molecular formula is C21H25N3OS. The van der Waals surface area contributed by atoms with E-state index in [2.05, 4.69) is 16.4 Å². The number of carbonyl (C=O) groups is 1. The molecule has 1 unspecified atom stereocenters. The number of hydrogen-bond acceptors (Lipinski definition) is 4. The fourth-order valence-electron chi connectivity index (χ4n) is 3.06. The minimum Gasteiger partial charge on any atom is -0.342 e. The van der Waals surface area contributed by atoms with Crippen molar-refractivity contribution in [1.82, 2.24) is 15.2 Å². The number of thiazole rings is 1. The van der Waals surface area contributed by atoms with Gasteiger partial charge in [-0.3, -0.25) is 4.79 Å². The van der Waals surface area contributed by atoms with E-state index in [1.54, 1.807) is 11.3 Å². The van der Waals surface area contributed by atoms with E-state index < -0.39 is 0 Å². The molecule has 5 heteroatoms. The fourth-order valence-corrected chi connectivity index (χ4v) is 4.03. The van der Waals surface area contributed by atoms with E-state index in [0.717, 1.165) is 35.6 Å². The molecule has 1 amide bonds. The van der Waals surface area contributed by atoms with Crippen LogP contribution in [-0.4, -0.2) is 35.4 Å². The van der Waals surface area contributed by atoms with Gasteiger partial charge >= 0.3 is 0 Å². The molecule has 2 aromatic carbocycles. The van der Waals surface area contributed by atoms with Crippen molar-refractivity contribution >= 4 is 27.5 Å². The second-order valence-electron chi connectivity index (χ2n) is 6.13. The molecule has 1 heterocycles. The summed E-state index contributed by atoms with van der Waals surface area (Å²) < 4.78 is 1.21. The summed E-state index contributed by atoms with van der Waals surface area (Å²) in [5.41, 5.74) is 2.06. The van der Waals surface area contributed by atoms with E-state index in [1.165, 1.54) is 4.70 Å². The van der Waals surface area contributed by atoms with Gasteiger partial charge in [0.05, 0.1) is 15.2 Å². The van der Waals surface area contributed by atoms with Gasteiger partial charge in [-0.1, -0.05) is 42.5 Å². The number of nitrogens with zero attached hydrogens (tertiary/aromatic N) is 2. The van der Waals surface area contributed by atoms with Gasteiger partial charge in [0.25, 0.3) is 0 Å². The van der Waals surface area contributed by atoms with Gasteiger partial charge in [0.1, 0.15) is 6.04 Å². The Kier molecular flexibility index (Phi) is 6.36. The molecule has 136 valence electrons. The van der Waals surface area contributed by atoms with Crippen LogP contribution in [0, 0.1) is 0 Å². The van der Waals surface area contributed by atoms with Gasteiger partial charge < -0.3 is 10.2 Å². The molecule has 1 N–H and O–H groups in total. The van der Waals surface area contributed by atoms with Crippen LogP contribution in [0.5, 0.6) is 0 Å². The Labute approximate surface area is 158 Å². The van der Waals surface area contributed by atoms with Crippen LogP contribution in [0.4, 0.5) is 0 Å². The molecule has 0 radical (unpaired) electrons. The topological polar surface area (TPSA) is 45.2 Å². The lowest BCUT2D eigenvalue weighted by molar-refractivity contribution is -0.133. The number of hydrogen-bond donors (Lipinski definition) is 1. The van der Waals surface area contributed by atoms with Crippen LogP contribution >= 0.6 is 11.3 Å². The number of fused-ring (bicyclic) bond motifs is 1. The van der Waals surface area contributed by atoms with Crippen LogP contribution in [0.3, 0.4) is 0 Å². The summed E-state index contributed by atoms with van der Waals surface area (Å²) in [5.74, 6) is 0.130. The Hall–Kier alpha value is -2.24. The normalized spacial score (nSPS) is 12.2. The number of rotatable bonds is 8. The summed E-state index contributed by atoms with van der Waals surface area (Å²) in [4.78, 5) is 19.5. The summed E-state index contributed by atoms with van der Waals surface area (Å²) in [7, 11) is 0. The van der Waals surface area contributed by atoms with Crippen molar-refractivity contribution in [1.29, 1.82) is 0 Å². The molecule has 0 bridgehead atoms. The molecule has 3 rings (SSSR count). The highest BCUT2D eigenvalue weighted by Gasteiger charge is 2.23. The lowest BCUT2D eigenvalue weighted by Gasteiger charge is -2.26. The van der Waals surface area contributed by atoms with Crippen molar-refractivity contribution in [3.63, 3.8) is 0 Å². The first-order chi connectivity index (χ1) is 12.7. The molecule has 0 fully saturated rings. The van der Waals surface area contributed by atoms with Crippen molar-refractivity contribution in [2.24, 2.45) is 0 Å². The molecule has 0 aliphatic carbocycles. The van der Waals surface area contributed by atoms with Crippen LogP contribution in [0.25, 0.3) is 10.2 Å². The second kappa shape index (κ2) is 8.92. The van der Waals surface area contributed by atoms with Crippen molar-refractivity contribution in [2.45, 2.75) is 26.3 Å². The largest absolute Gasteiger partial charge is 0.342 e. The fraction of sp³-hybridized carbons (Fsp3) is 0.333. The highest BCUT2D eigenvalue weighted by atomic mass is 32.1. The molecular weight excluding hydrogens is 342 g/mol.